The van der Waals surface area contributed by atoms with Crippen LogP contribution in [0.3, 0.4) is 0 Å². The molecule has 0 aliphatic rings. The zero-order valence-corrected chi connectivity index (χ0v) is 10.1. The molecule has 100 valence electrons. The quantitative estimate of drug-likeness (QED) is 0.546. The fourth-order valence-electron chi connectivity index (χ4n) is 1.48. The highest BCUT2D eigenvalue weighted by molar-refractivity contribution is 5.86. The number of rotatable bonds is 5. The molecule has 0 N–H and O–H groups in total. The molecule has 1 amide bonds. The SMILES string of the molecule is C=CC(C)[C@@](F)(C(=O)N(CC)CC)C(F)(F)F. The van der Waals surface area contributed by atoms with Crippen LogP contribution in [0, 0.1) is 5.92 Å². The van der Waals surface area contributed by atoms with Crippen molar-refractivity contribution in [2.45, 2.75) is 32.6 Å². The van der Waals surface area contributed by atoms with E-state index < -0.39 is 23.7 Å². The third-order valence-corrected chi connectivity index (χ3v) is 2.76. The van der Waals surface area contributed by atoms with E-state index in [1.165, 1.54) is 13.8 Å². The fraction of sp³-hybridized carbons (Fsp3) is 0.727. The summed E-state index contributed by atoms with van der Waals surface area (Å²) in [6.45, 7) is 7.16. The van der Waals surface area contributed by atoms with Crippen molar-refractivity contribution in [2.24, 2.45) is 5.92 Å². The van der Waals surface area contributed by atoms with Crippen LogP contribution in [0.1, 0.15) is 20.8 Å². The lowest BCUT2D eigenvalue weighted by molar-refractivity contribution is -0.241. The zero-order valence-electron chi connectivity index (χ0n) is 10.1. The van der Waals surface area contributed by atoms with Gasteiger partial charge in [0.15, 0.2) is 0 Å². The monoisotopic (exact) mass is 255 g/mol. The van der Waals surface area contributed by atoms with Gasteiger partial charge in [-0.1, -0.05) is 13.0 Å². The molecule has 0 aliphatic heterocycles. The maximum atomic E-state index is 14.1. The standard InChI is InChI=1S/C11H17F4NO/c1-5-8(4)10(12,11(13,14)15)9(17)16(6-2)7-3/h5,8H,1,6-7H2,2-4H3/t8?,10-/m1/s1. The van der Waals surface area contributed by atoms with Crippen molar-refractivity contribution in [3.8, 4) is 0 Å². The van der Waals surface area contributed by atoms with Crippen LogP contribution in [0.15, 0.2) is 12.7 Å². The molecule has 0 aromatic heterocycles. The summed E-state index contributed by atoms with van der Waals surface area (Å²) in [5.41, 5.74) is -3.90. The van der Waals surface area contributed by atoms with Gasteiger partial charge in [-0.3, -0.25) is 4.79 Å². The first-order chi connectivity index (χ1) is 7.66. The molecule has 0 aliphatic carbocycles. The second-order valence-corrected chi connectivity index (χ2v) is 3.71. The highest BCUT2D eigenvalue weighted by Crippen LogP contribution is 2.41. The van der Waals surface area contributed by atoms with E-state index in [0.29, 0.717) is 0 Å². The van der Waals surface area contributed by atoms with Crippen LogP contribution in [-0.4, -0.2) is 35.7 Å². The number of nitrogens with zero attached hydrogens (tertiary/aromatic N) is 1. The van der Waals surface area contributed by atoms with Crippen LogP contribution in [0.5, 0.6) is 0 Å². The van der Waals surface area contributed by atoms with Crippen LogP contribution in [0.2, 0.25) is 0 Å². The summed E-state index contributed by atoms with van der Waals surface area (Å²) < 4.78 is 52.4. The number of hydrogen-bond acceptors (Lipinski definition) is 1. The van der Waals surface area contributed by atoms with E-state index in [9.17, 15) is 22.4 Å². The minimum Gasteiger partial charge on any atom is -0.340 e. The van der Waals surface area contributed by atoms with E-state index in [2.05, 4.69) is 6.58 Å². The second kappa shape index (κ2) is 5.51. The van der Waals surface area contributed by atoms with E-state index in [1.54, 1.807) is 0 Å². The summed E-state index contributed by atoms with van der Waals surface area (Å²) in [7, 11) is 0. The molecule has 0 bridgehead atoms. The second-order valence-electron chi connectivity index (χ2n) is 3.71. The Balaban J connectivity index is 5.49. The number of alkyl halides is 4. The molecule has 0 saturated heterocycles. The van der Waals surface area contributed by atoms with Crippen LogP contribution < -0.4 is 0 Å². The molecular formula is C11H17F4NO. The lowest BCUT2D eigenvalue weighted by Gasteiger charge is -2.34. The number of halogens is 4. The molecule has 0 rings (SSSR count). The van der Waals surface area contributed by atoms with Crippen molar-refractivity contribution in [2.75, 3.05) is 13.1 Å². The summed E-state index contributed by atoms with van der Waals surface area (Å²) in [5, 5.41) is 0. The van der Waals surface area contributed by atoms with Crippen LogP contribution in [0.25, 0.3) is 0 Å². The van der Waals surface area contributed by atoms with E-state index in [1.807, 2.05) is 0 Å². The van der Waals surface area contributed by atoms with E-state index in [4.69, 9.17) is 0 Å². The summed E-state index contributed by atoms with van der Waals surface area (Å²) >= 11 is 0. The molecular weight excluding hydrogens is 238 g/mol. The van der Waals surface area contributed by atoms with Crippen LogP contribution in [-0.2, 0) is 4.79 Å². The largest absolute Gasteiger partial charge is 0.432 e. The maximum absolute atomic E-state index is 14.1. The van der Waals surface area contributed by atoms with E-state index in [-0.39, 0.29) is 13.1 Å². The highest BCUT2D eigenvalue weighted by atomic mass is 19.4. The summed E-state index contributed by atoms with van der Waals surface area (Å²) in [6.07, 6.45) is -4.45. The first kappa shape index (κ1) is 15.9. The van der Waals surface area contributed by atoms with Gasteiger partial charge < -0.3 is 4.90 Å². The van der Waals surface area contributed by atoms with Gasteiger partial charge in [-0.05, 0) is 13.8 Å². The average molecular weight is 255 g/mol. The summed E-state index contributed by atoms with van der Waals surface area (Å²) in [6, 6.07) is 0. The van der Waals surface area contributed by atoms with Gasteiger partial charge in [0.1, 0.15) is 0 Å². The Labute approximate surface area is 98.3 Å². The molecule has 17 heavy (non-hydrogen) atoms. The number of hydrogen-bond donors (Lipinski definition) is 0. The fourth-order valence-corrected chi connectivity index (χ4v) is 1.48. The van der Waals surface area contributed by atoms with Crippen molar-refractivity contribution in [1.29, 1.82) is 0 Å². The normalized spacial score (nSPS) is 17.1. The summed E-state index contributed by atoms with van der Waals surface area (Å²) in [4.78, 5) is 12.5. The molecule has 6 heteroatoms. The minimum absolute atomic E-state index is 0.0287. The average Bonchev–Trinajstić information content (AvgIpc) is 2.26. The number of allylic oxidation sites excluding steroid dienone is 1. The number of carbonyl (C=O) groups is 1. The Morgan fingerprint density at radius 2 is 1.71 bits per heavy atom. The van der Waals surface area contributed by atoms with Crippen molar-refractivity contribution in [3.05, 3.63) is 12.7 Å². The highest BCUT2D eigenvalue weighted by Gasteiger charge is 2.65. The van der Waals surface area contributed by atoms with E-state index in [0.717, 1.165) is 17.9 Å². The molecule has 0 aromatic carbocycles. The first-order valence-electron chi connectivity index (χ1n) is 5.34. The van der Waals surface area contributed by atoms with Crippen molar-refractivity contribution in [3.63, 3.8) is 0 Å². The van der Waals surface area contributed by atoms with Gasteiger partial charge in [0.05, 0.1) is 0 Å². The Hall–Kier alpha value is -1.07. The Morgan fingerprint density at radius 3 is 1.94 bits per heavy atom. The van der Waals surface area contributed by atoms with Gasteiger partial charge >= 0.3 is 6.18 Å². The topological polar surface area (TPSA) is 20.3 Å². The maximum Gasteiger partial charge on any atom is 0.432 e. The smallest absolute Gasteiger partial charge is 0.340 e. The first-order valence-corrected chi connectivity index (χ1v) is 5.34. The van der Waals surface area contributed by atoms with Crippen LogP contribution >= 0.6 is 0 Å². The lowest BCUT2D eigenvalue weighted by atomic mass is 9.88. The van der Waals surface area contributed by atoms with Gasteiger partial charge in [0.25, 0.3) is 11.6 Å². The van der Waals surface area contributed by atoms with E-state index >= 15 is 0 Å². The minimum atomic E-state index is -5.25. The molecule has 2 atom stereocenters. The molecule has 0 spiro atoms. The molecule has 0 saturated carbocycles. The van der Waals surface area contributed by atoms with Gasteiger partial charge in [0, 0.05) is 19.0 Å². The third kappa shape index (κ3) is 2.79. The number of amides is 1. The summed E-state index contributed by atoms with van der Waals surface area (Å²) in [5.74, 6) is -3.18. The van der Waals surface area contributed by atoms with Crippen molar-refractivity contribution < 1.29 is 22.4 Å². The Morgan fingerprint density at radius 1 is 1.29 bits per heavy atom. The van der Waals surface area contributed by atoms with Gasteiger partial charge in [-0.25, -0.2) is 4.39 Å². The predicted molar refractivity (Wildman–Crippen MR) is 57.2 cm³/mol. The predicted octanol–water partition coefficient (Wildman–Crippen LogP) is 2.95. The van der Waals surface area contributed by atoms with Gasteiger partial charge in [0.2, 0.25) is 0 Å². The van der Waals surface area contributed by atoms with Gasteiger partial charge in [-0.15, -0.1) is 6.58 Å². The van der Waals surface area contributed by atoms with Crippen LogP contribution in [0.4, 0.5) is 17.6 Å². The Bertz CT molecular complexity index is 286. The van der Waals surface area contributed by atoms with Gasteiger partial charge in [-0.2, -0.15) is 13.2 Å². The number of carbonyl (C=O) groups excluding carboxylic acids is 1. The lowest BCUT2D eigenvalue weighted by Crippen LogP contribution is -2.58. The molecule has 0 aromatic rings. The molecule has 0 heterocycles. The third-order valence-electron chi connectivity index (χ3n) is 2.76. The molecule has 0 fully saturated rings. The molecule has 0 radical (unpaired) electrons. The molecule has 1 unspecified atom stereocenters. The Kier molecular flexibility index (Phi) is 5.16. The van der Waals surface area contributed by atoms with Crippen molar-refractivity contribution >= 4 is 5.91 Å². The van der Waals surface area contributed by atoms with Crippen molar-refractivity contribution in [1.82, 2.24) is 4.90 Å². The zero-order chi connectivity index (χ0) is 13.9. The molecule has 2 nitrogen and oxygen atoms in total.